The standard InChI is InChI=1S/C29H26F2N6O2/c1-17-34-22-3-2-21(10-24(22)35-17)39-26-5-4-23-28(27(26)19-6-8-38-9-7-19)36-25(14-32-23)20-13-33-37(16-20)15-18-11-29(30,31)12-18/h2-6,10,13-14,16,18H,7-9,11-12,15H2,1H3,(H,34,35). The smallest absolute Gasteiger partial charge is 0.248 e. The molecule has 198 valence electrons. The summed E-state index contributed by atoms with van der Waals surface area (Å²) < 4.78 is 40.3. The van der Waals surface area contributed by atoms with Crippen LogP contribution in [-0.2, 0) is 11.3 Å². The van der Waals surface area contributed by atoms with Gasteiger partial charge in [-0.15, -0.1) is 0 Å². The van der Waals surface area contributed by atoms with Crippen LogP contribution in [0.5, 0.6) is 11.5 Å². The second-order valence-electron chi connectivity index (χ2n) is 10.3. The summed E-state index contributed by atoms with van der Waals surface area (Å²) >= 11 is 0. The summed E-state index contributed by atoms with van der Waals surface area (Å²) in [5.74, 6) is -0.391. The van der Waals surface area contributed by atoms with Crippen LogP contribution in [0.1, 0.15) is 30.7 Å². The predicted octanol–water partition coefficient (Wildman–Crippen LogP) is 6.32. The number of H-pyrrole nitrogens is 1. The second kappa shape index (κ2) is 9.23. The van der Waals surface area contributed by atoms with Gasteiger partial charge in [-0.3, -0.25) is 9.67 Å². The monoisotopic (exact) mass is 528 g/mol. The zero-order valence-corrected chi connectivity index (χ0v) is 21.3. The molecule has 1 aliphatic heterocycles. The molecule has 7 rings (SSSR count). The molecular weight excluding hydrogens is 502 g/mol. The summed E-state index contributed by atoms with van der Waals surface area (Å²) in [7, 11) is 0. The number of hydrogen-bond donors (Lipinski definition) is 1. The third-order valence-corrected chi connectivity index (χ3v) is 7.31. The lowest BCUT2D eigenvalue weighted by Crippen LogP contribution is -2.37. The molecule has 0 saturated heterocycles. The van der Waals surface area contributed by atoms with Crippen LogP contribution in [0.2, 0.25) is 0 Å². The molecule has 5 aromatic rings. The first-order valence-electron chi connectivity index (χ1n) is 13.0. The van der Waals surface area contributed by atoms with Crippen molar-refractivity contribution >= 4 is 27.6 Å². The van der Waals surface area contributed by atoms with E-state index in [2.05, 4.69) is 21.1 Å². The van der Waals surface area contributed by atoms with Crippen LogP contribution in [-0.4, -0.2) is 48.9 Å². The van der Waals surface area contributed by atoms with Crippen molar-refractivity contribution in [2.24, 2.45) is 5.92 Å². The number of rotatable bonds is 6. The minimum atomic E-state index is -2.54. The molecule has 10 heteroatoms. The van der Waals surface area contributed by atoms with E-state index in [1.54, 1.807) is 17.1 Å². The Morgan fingerprint density at radius 1 is 1.13 bits per heavy atom. The van der Waals surface area contributed by atoms with Crippen LogP contribution < -0.4 is 4.74 Å². The van der Waals surface area contributed by atoms with Crippen LogP contribution in [0.4, 0.5) is 8.78 Å². The van der Waals surface area contributed by atoms with Gasteiger partial charge in [-0.25, -0.2) is 18.7 Å². The van der Waals surface area contributed by atoms with Crippen LogP contribution in [0.3, 0.4) is 0 Å². The van der Waals surface area contributed by atoms with Crippen LogP contribution in [0.25, 0.3) is 38.9 Å². The molecule has 0 atom stereocenters. The van der Waals surface area contributed by atoms with Gasteiger partial charge in [-0.1, -0.05) is 6.08 Å². The Morgan fingerprint density at radius 2 is 2.00 bits per heavy atom. The molecule has 2 aromatic carbocycles. The van der Waals surface area contributed by atoms with E-state index in [0.717, 1.165) is 51.0 Å². The molecule has 1 fully saturated rings. The average molecular weight is 529 g/mol. The molecule has 0 bridgehead atoms. The summed E-state index contributed by atoms with van der Waals surface area (Å²) in [6, 6.07) is 9.61. The Balaban J connectivity index is 1.26. The van der Waals surface area contributed by atoms with Gasteiger partial charge in [0.05, 0.1) is 47.9 Å². The lowest BCUT2D eigenvalue weighted by Gasteiger charge is -2.34. The molecule has 0 unspecified atom stereocenters. The summed E-state index contributed by atoms with van der Waals surface area (Å²) in [6.07, 6.45) is 7.89. The van der Waals surface area contributed by atoms with Gasteiger partial charge >= 0.3 is 0 Å². The number of hydrogen-bond acceptors (Lipinski definition) is 6. The molecule has 3 aromatic heterocycles. The van der Waals surface area contributed by atoms with Crippen molar-refractivity contribution in [3.8, 4) is 22.8 Å². The summed E-state index contributed by atoms with van der Waals surface area (Å²) in [6.45, 7) is 3.52. The van der Waals surface area contributed by atoms with Gasteiger partial charge in [0.15, 0.2) is 0 Å². The topological polar surface area (TPSA) is 90.7 Å². The highest BCUT2D eigenvalue weighted by molar-refractivity contribution is 5.93. The largest absolute Gasteiger partial charge is 0.457 e. The van der Waals surface area contributed by atoms with Gasteiger partial charge in [0.1, 0.15) is 22.8 Å². The maximum atomic E-state index is 13.3. The SMILES string of the molecule is Cc1nc2ccc(Oc3ccc4ncc(-c5cnn(CC6CC(F)(F)C6)c5)nc4c3C3=CCOCC3)cc2[nH]1. The maximum Gasteiger partial charge on any atom is 0.248 e. The van der Waals surface area contributed by atoms with Gasteiger partial charge in [0.2, 0.25) is 5.92 Å². The van der Waals surface area contributed by atoms with E-state index in [1.807, 2.05) is 43.5 Å². The second-order valence-corrected chi connectivity index (χ2v) is 10.3. The van der Waals surface area contributed by atoms with Crippen molar-refractivity contribution in [2.75, 3.05) is 13.2 Å². The number of aromatic amines is 1. The van der Waals surface area contributed by atoms with Crippen molar-refractivity contribution in [1.29, 1.82) is 0 Å². The molecular formula is C29H26F2N6O2. The zero-order chi connectivity index (χ0) is 26.6. The molecule has 1 saturated carbocycles. The highest BCUT2D eigenvalue weighted by atomic mass is 19.3. The third-order valence-electron chi connectivity index (χ3n) is 7.31. The minimum absolute atomic E-state index is 0.0629. The van der Waals surface area contributed by atoms with E-state index in [4.69, 9.17) is 19.4 Å². The number of nitrogens with zero attached hydrogens (tertiary/aromatic N) is 5. The number of imidazole rings is 1. The summed E-state index contributed by atoms with van der Waals surface area (Å²) in [5, 5.41) is 4.40. The Morgan fingerprint density at radius 3 is 2.82 bits per heavy atom. The van der Waals surface area contributed by atoms with Crippen molar-refractivity contribution in [2.45, 2.75) is 38.7 Å². The Bertz CT molecular complexity index is 1730. The Labute approximate surface area is 222 Å². The fourth-order valence-electron chi connectivity index (χ4n) is 5.43. The van der Waals surface area contributed by atoms with E-state index in [0.29, 0.717) is 37.0 Å². The van der Waals surface area contributed by atoms with Gasteiger partial charge in [-0.05, 0) is 49.1 Å². The minimum Gasteiger partial charge on any atom is -0.457 e. The number of aryl methyl sites for hydroxylation is 1. The van der Waals surface area contributed by atoms with E-state index in [9.17, 15) is 8.78 Å². The highest BCUT2D eigenvalue weighted by Gasteiger charge is 2.45. The van der Waals surface area contributed by atoms with Crippen molar-refractivity contribution in [3.05, 3.63) is 66.4 Å². The molecule has 2 aliphatic rings. The Kier molecular flexibility index (Phi) is 5.66. The molecule has 8 nitrogen and oxygen atoms in total. The fourth-order valence-corrected chi connectivity index (χ4v) is 5.43. The number of nitrogens with one attached hydrogen (secondary N) is 1. The number of fused-ring (bicyclic) bond motifs is 2. The number of aromatic nitrogens is 6. The number of benzene rings is 2. The van der Waals surface area contributed by atoms with Crippen molar-refractivity contribution in [1.82, 2.24) is 29.7 Å². The lowest BCUT2D eigenvalue weighted by atomic mass is 9.81. The van der Waals surface area contributed by atoms with Crippen LogP contribution >= 0.6 is 0 Å². The van der Waals surface area contributed by atoms with Gasteiger partial charge in [-0.2, -0.15) is 5.10 Å². The van der Waals surface area contributed by atoms with E-state index in [1.165, 1.54) is 0 Å². The molecule has 0 amide bonds. The molecule has 0 radical (unpaired) electrons. The summed E-state index contributed by atoms with van der Waals surface area (Å²) in [5.41, 5.74) is 6.68. The van der Waals surface area contributed by atoms with Crippen LogP contribution in [0.15, 0.2) is 55.0 Å². The average Bonchev–Trinajstić information content (AvgIpc) is 3.53. The van der Waals surface area contributed by atoms with E-state index < -0.39 is 5.92 Å². The molecule has 4 heterocycles. The summed E-state index contributed by atoms with van der Waals surface area (Å²) in [4.78, 5) is 17.4. The first-order valence-corrected chi connectivity index (χ1v) is 13.0. The van der Waals surface area contributed by atoms with Crippen molar-refractivity contribution < 1.29 is 18.3 Å². The van der Waals surface area contributed by atoms with Gasteiger partial charge < -0.3 is 14.5 Å². The quantitative estimate of drug-likeness (QED) is 0.277. The number of alkyl halides is 2. The molecule has 1 aliphatic carbocycles. The highest BCUT2D eigenvalue weighted by Crippen LogP contribution is 2.43. The van der Waals surface area contributed by atoms with Crippen molar-refractivity contribution in [3.63, 3.8) is 0 Å². The van der Waals surface area contributed by atoms with E-state index >= 15 is 0 Å². The normalized spacial score (nSPS) is 17.4. The molecule has 39 heavy (non-hydrogen) atoms. The van der Waals surface area contributed by atoms with Crippen LogP contribution in [0, 0.1) is 12.8 Å². The van der Waals surface area contributed by atoms with Gasteiger partial charge in [0.25, 0.3) is 0 Å². The first-order chi connectivity index (χ1) is 18.9. The zero-order valence-electron chi connectivity index (χ0n) is 21.3. The number of halogens is 2. The fraction of sp³-hybridized carbons (Fsp3) is 0.310. The third kappa shape index (κ3) is 4.65. The predicted molar refractivity (Wildman–Crippen MR) is 143 cm³/mol. The molecule has 1 N–H and O–H groups in total. The molecule has 0 spiro atoms. The van der Waals surface area contributed by atoms with Gasteiger partial charge in [0, 0.05) is 42.8 Å². The first kappa shape index (κ1) is 23.9. The lowest BCUT2D eigenvalue weighted by molar-refractivity contribution is -0.114. The Hall–Kier alpha value is -4.18. The number of ether oxygens (including phenoxy) is 2. The van der Waals surface area contributed by atoms with E-state index in [-0.39, 0.29) is 18.8 Å². The maximum absolute atomic E-state index is 13.3.